The smallest absolute Gasteiger partial charge is 0.265 e. The molecule has 0 spiro atoms. The minimum Gasteiger partial charge on any atom is -0.497 e. The first-order chi connectivity index (χ1) is 10.9. The van der Waals surface area contributed by atoms with Crippen molar-refractivity contribution in [1.82, 2.24) is 5.32 Å². The van der Waals surface area contributed by atoms with Gasteiger partial charge in [-0.25, -0.2) is 0 Å². The molecule has 1 fully saturated rings. The zero-order valence-corrected chi connectivity index (χ0v) is 14.5. The summed E-state index contributed by atoms with van der Waals surface area (Å²) >= 11 is 0. The fraction of sp³-hybridized carbons (Fsp3) is 0.647. The van der Waals surface area contributed by atoms with Gasteiger partial charge in [0.2, 0.25) is 0 Å². The lowest BCUT2D eigenvalue weighted by atomic mass is 9.65. The number of methoxy groups -OCH3 is 1. The average molecular weight is 339 g/mol. The van der Waals surface area contributed by atoms with Gasteiger partial charge >= 0.3 is 0 Å². The summed E-state index contributed by atoms with van der Waals surface area (Å²) in [7, 11) is -2.34. The van der Waals surface area contributed by atoms with Crippen molar-refractivity contribution in [2.75, 3.05) is 19.4 Å². The number of benzene rings is 1. The predicted molar refractivity (Wildman–Crippen MR) is 89.5 cm³/mol. The highest BCUT2D eigenvalue weighted by Gasteiger charge is 2.43. The van der Waals surface area contributed by atoms with Crippen LogP contribution >= 0.6 is 0 Å². The van der Waals surface area contributed by atoms with E-state index in [-0.39, 0.29) is 23.6 Å². The Morgan fingerprint density at radius 3 is 2.83 bits per heavy atom. The SMILES string of the molecule is CCC1NCC2CCc3cc(OC)ccc3C2C1CS(=O)(=O)O. The molecule has 2 aliphatic rings. The van der Waals surface area contributed by atoms with Crippen LogP contribution in [0.15, 0.2) is 18.2 Å². The third kappa shape index (κ3) is 3.39. The number of ether oxygens (including phenoxy) is 1. The van der Waals surface area contributed by atoms with Crippen LogP contribution in [-0.4, -0.2) is 38.4 Å². The number of aryl methyl sites for hydroxylation is 1. The fourth-order valence-electron chi connectivity index (χ4n) is 4.45. The zero-order valence-electron chi connectivity index (χ0n) is 13.7. The summed E-state index contributed by atoms with van der Waals surface area (Å²) in [6, 6.07) is 6.22. The van der Waals surface area contributed by atoms with Crippen molar-refractivity contribution >= 4 is 10.1 Å². The molecule has 1 aromatic carbocycles. The summed E-state index contributed by atoms with van der Waals surface area (Å²) in [6.45, 7) is 2.98. The van der Waals surface area contributed by atoms with Gasteiger partial charge in [0.25, 0.3) is 10.1 Å². The van der Waals surface area contributed by atoms with Gasteiger partial charge < -0.3 is 10.1 Å². The second-order valence-electron chi connectivity index (χ2n) is 6.72. The lowest BCUT2D eigenvalue weighted by Crippen LogP contribution is -2.52. The Bertz CT molecular complexity index is 673. The average Bonchev–Trinajstić information content (AvgIpc) is 2.52. The van der Waals surface area contributed by atoms with E-state index in [0.29, 0.717) is 5.92 Å². The second-order valence-corrected chi connectivity index (χ2v) is 8.22. The summed E-state index contributed by atoms with van der Waals surface area (Å²) < 4.78 is 37.9. The first-order valence-electron chi connectivity index (χ1n) is 8.28. The predicted octanol–water partition coefficient (Wildman–Crippen LogP) is 2.23. The highest BCUT2D eigenvalue weighted by atomic mass is 32.2. The van der Waals surface area contributed by atoms with Crippen LogP contribution in [-0.2, 0) is 16.5 Å². The van der Waals surface area contributed by atoms with E-state index in [4.69, 9.17) is 4.74 Å². The van der Waals surface area contributed by atoms with Gasteiger partial charge in [0.05, 0.1) is 12.9 Å². The van der Waals surface area contributed by atoms with Crippen LogP contribution in [0.25, 0.3) is 0 Å². The van der Waals surface area contributed by atoms with Gasteiger partial charge in [-0.3, -0.25) is 4.55 Å². The molecule has 1 heterocycles. The van der Waals surface area contributed by atoms with E-state index in [1.54, 1.807) is 7.11 Å². The van der Waals surface area contributed by atoms with Crippen LogP contribution in [0.1, 0.15) is 36.8 Å². The third-order valence-corrected chi connectivity index (χ3v) is 6.27. The molecule has 1 aliphatic heterocycles. The first kappa shape index (κ1) is 16.7. The molecule has 0 radical (unpaired) electrons. The third-order valence-electron chi connectivity index (χ3n) is 5.46. The molecule has 3 rings (SSSR count). The maximum absolute atomic E-state index is 11.6. The van der Waals surface area contributed by atoms with Crippen molar-refractivity contribution in [3.63, 3.8) is 0 Å². The van der Waals surface area contributed by atoms with Crippen LogP contribution < -0.4 is 10.1 Å². The number of fused-ring (bicyclic) bond motifs is 3. The molecule has 2 N–H and O–H groups in total. The Morgan fingerprint density at radius 2 is 2.17 bits per heavy atom. The Labute approximate surface area is 138 Å². The van der Waals surface area contributed by atoms with Crippen LogP contribution in [0, 0.1) is 11.8 Å². The van der Waals surface area contributed by atoms with Gasteiger partial charge in [-0.1, -0.05) is 13.0 Å². The molecule has 0 amide bonds. The van der Waals surface area contributed by atoms with Crippen molar-refractivity contribution in [2.24, 2.45) is 11.8 Å². The standard InChI is InChI=1S/C17H25NO4S/c1-3-16-15(10-23(19,20)21)17-12(9-18-16)5-4-11-8-13(22-2)6-7-14(11)17/h6-8,12,15-18H,3-5,9-10H2,1-2H3,(H,19,20,21). The van der Waals surface area contributed by atoms with E-state index in [1.807, 2.05) is 6.07 Å². The number of hydrogen-bond donors (Lipinski definition) is 2. The van der Waals surface area contributed by atoms with E-state index in [0.717, 1.165) is 31.6 Å². The van der Waals surface area contributed by atoms with Crippen molar-refractivity contribution in [3.8, 4) is 5.75 Å². The largest absolute Gasteiger partial charge is 0.497 e. The summed E-state index contributed by atoms with van der Waals surface area (Å²) in [5, 5.41) is 3.49. The van der Waals surface area contributed by atoms with E-state index in [1.165, 1.54) is 11.1 Å². The highest BCUT2D eigenvalue weighted by Crippen LogP contribution is 2.46. The van der Waals surface area contributed by atoms with Gasteiger partial charge in [0, 0.05) is 6.04 Å². The number of nitrogens with one attached hydrogen (secondary N) is 1. The maximum Gasteiger partial charge on any atom is 0.265 e. The number of hydrogen-bond acceptors (Lipinski definition) is 4. The second kappa shape index (κ2) is 6.42. The lowest BCUT2D eigenvalue weighted by molar-refractivity contribution is 0.170. The molecular formula is C17H25NO4S. The van der Waals surface area contributed by atoms with Crippen LogP contribution in [0.4, 0.5) is 0 Å². The quantitative estimate of drug-likeness (QED) is 0.823. The summed E-state index contributed by atoms with van der Waals surface area (Å²) in [6.07, 6.45) is 2.88. The number of piperidine rings is 1. The topological polar surface area (TPSA) is 75.6 Å². The molecular weight excluding hydrogens is 314 g/mol. The van der Waals surface area contributed by atoms with Gasteiger partial charge in [-0.15, -0.1) is 0 Å². The molecule has 23 heavy (non-hydrogen) atoms. The molecule has 1 aromatic rings. The molecule has 6 heteroatoms. The van der Waals surface area contributed by atoms with E-state index >= 15 is 0 Å². The van der Waals surface area contributed by atoms with Gasteiger partial charge in [0.1, 0.15) is 5.75 Å². The zero-order chi connectivity index (χ0) is 16.6. The minimum atomic E-state index is -4.00. The van der Waals surface area contributed by atoms with Gasteiger partial charge in [-0.05, 0) is 66.8 Å². The Hall–Kier alpha value is -1.11. The molecule has 1 saturated heterocycles. The molecule has 4 unspecified atom stereocenters. The van der Waals surface area contributed by atoms with E-state index in [9.17, 15) is 13.0 Å². The molecule has 0 aromatic heterocycles. The minimum absolute atomic E-state index is 0.0961. The molecule has 0 saturated carbocycles. The number of rotatable bonds is 4. The van der Waals surface area contributed by atoms with Crippen LogP contribution in [0.2, 0.25) is 0 Å². The molecule has 1 aliphatic carbocycles. The maximum atomic E-state index is 11.6. The summed E-state index contributed by atoms with van der Waals surface area (Å²) in [4.78, 5) is 0. The molecule has 128 valence electrons. The molecule has 4 atom stereocenters. The van der Waals surface area contributed by atoms with Crippen molar-refractivity contribution in [2.45, 2.75) is 38.1 Å². The Balaban J connectivity index is 2.01. The van der Waals surface area contributed by atoms with Crippen LogP contribution in [0.5, 0.6) is 5.75 Å². The summed E-state index contributed by atoms with van der Waals surface area (Å²) in [5.41, 5.74) is 2.48. The lowest BCUT2D eigenvalue weighted by Gasteiger charge is -2.46. The Morgan fingerprint density at radius 1 is 1.39 bits per heavy atom. The van der Waals surface area contributed by atoms with Gasteiger partial charge in [-0.2, -0.15) is 8.42 Å². The molecule has 5 nitrogen and oxygen atoms in total. The fourth-order valence-corrected chi connectivity index (χ4v) is 5.37. The van der Waals surface area contributed by atoms with E-state index in [2.05, 4.69) is 24.4 Å². The van der Waals surface area contributed by atoms with Crippen molar-refractivity contribution in [3.05, 3.63) is 29.3 Å². The van der Waals surface area contributed by atoms with Gasteiger partial charge in [0.15, 0.2) is 0 Å². The van der Waals surface area contributed by atoms with E-state index < -0.39 is 10.1 Å². The Kier molecular flexibility index (Phi) is 4.67. The molecule has 0 bridgehead atoms. The van der Waals surface area contributed by atoms with Crippen molar-refractivity contribution < 1.29 is 17.7 Å². The first-order valence-corrected chi connectivity index (χ1v) is 9.89. The van der Waals surface area contributed by atoms with Crippen molar-refractivity contribution in [1.29, 1.82) is 0 Å². The monoisotopic (exact) mass is 339 g/mol. The summed E-state index contributed by atoms with van der Waals surface area (Å²) in [5.74, 6) is 1.17. The normalized spacial score (nSPS) is 30.4. The highest BCUT2D eigenvalue weighted by molar-refractivity contribution is 7.85. The van der Waals surface area contributed by atoms with Crippen LogP contribution in [0.3, 0.4) is 0 Å².